The highest BCUT2D eigenvalue weighted by Gasteiger charge is 2.09. The Morgan fingerprint density at radius 3 is 2.21 bits per heavy atom. The quantitative estimate of drug-likeness (QED) is 0.684. The molecular weight excluding hydrogens is 174 g/mol. The number of aromatic nitrogens is 1. The molecule has 2 aromatic rings. The summed E-state index contributed by atoms with van der Waals surface area (Å²) in [6.07, 6.45) is 0. The lowest BCUT2D eigenvalue weighted by Crippen LogP contribution is -1.85. The molecule has 0 fully saturated rings. The van der Waals surface area contributed by atoms with Gasteiger partial charge in [0.05, 0.1) is 5.69 Å². The fourth-order valence-electron chi connectivity index (χ4n) is 1.68. The second-order valence-electron chi connectivity index (χ2n) is 3.60. The maximum atomic E-state index is 5.26. The average molecular weight is 187 g/mol. The van der Waals surface area contributed by atoms with Crippen LogP contribution in [0.3, 0.4) is 0 Å². The summed E-state index contributed by atoms with van der Waals surface area (Å²) in [6.45, 7) is 6.10. The largest absolute Gasteiger partial charge is 0.356 e. The first kappa shape index (κ1) is 9.00. The summed E-state index contributed by atoms with van der Waals surface area (Å²) in [5, 5.41) is 3.90. The first-order valence-electron chi connectivity index (χ1n) is 4.68. The molecule has 0 spiro atoms. The summed E-state index contributed by atoms with van der Waals surface area (Å²) in [5.74, 6) is 0.859. The lowest BCUT2D eigenvalue weighted by molar-refractivity contribution is 0.426. The number of benzene rings is 1. The molecule has 2 heteroatoms. The smallest absolute Gasteiger partial charge is 0.167 e. The van der Waals surface area contributed by atoms with Crippen molar-refractivity contribution in [3.05, 3.63) is 41.1 Å². The molecular formula is C12H13NO. The molecule has 0 aliphatic heterocycles. The van der Waals surface area contributed by atoms with Gasteiger partial charge in [-0.1, -0.05) is 23.4 Å². The molecule has 0 unspecified atom stereocenters. The average Bonchev–Trinajstić information content (AvgIpc) is 2.51. The maximum Gasteiger partial charge on any atom is 0.167 e. The van der Waals surface area contributed by atoms with Gasteiger partial charge in [0.1, 0.15) is 0 Å². The van der Waals surface area contributed by atoms with Crippen LogP contribution in [-0.4, -0.2) is 5.16 Å². The minimum absolute atomic E-state index is 0.859. The number of rotatable bonds is 1. The molecule has 0 saturated carbocycles. The zero-order valence-corrected chi connectivity index (χ0v) is 8.66. The van der Waals surface area contributed by atoms with Crippen LogP contribution >= 0.6 is 0 Å². The van der Waals surface area contributed by atoms with Gasteiger partial charge >= 0.3 is 0 Å². The first-order chi connectivity index (χ1) is 6.68. The molecule has 1 heterocycles. The molecule has 72 valence electrons. The minimum Gasteiger partial charge on any atom is -0.356 e. The van der Waals surface area contributed by atoms with Crippen molar-refractivity contribution >= 4 is 0 Å². The normalized spacial score (nSPS) is 10.5. The van der Waals surface area contributed by atoms with Crippen LogP contribution in [0.4, 0.5) is 0 Å². The van der Waals surface area contributed by atoms with E-state index in [1.807, 2.05) is 13.0 Å². The van der Waals surface area contributed by atoms with Gasteiger partial charge in [-0.15, -0.1) is 0 Å². The third kappa shape index (κ3) is 1.43. The van der Waals surface area contributed by atoms with E-state index in [-0.39, 0.29) is 0 Å². The van der Waals surface area contributed by atoms with Crippen molar-refractivity contribution in [2.24, 2.45) is 0 Å². The predicted molar refractivity (Wildman–Crippen MR) is 56.2 cm³/mol. The van der Waals surface area contributed by atoms with Crippen LogP contribution in [0.15, 0.2) is 28.8 Å². The van der Waals surface area contributed by atoms with Gasteiger partial charge in [0, 0.05) is 11.6 Å². The fourth-order valence-corrected chi connectivity index (χ4v) is 1.68. The summed E-state index contributed by atoms with van der Waals surface area (Å²) >= 11 is 0. The lowest BCUT2D eigenvalue weighted by Gasteiger charge is -2.04. The Hall–Kier alpha value is -1.57. The van der Waals surface area contributed by atoms with E-state index in [1.54, 1.807) is 0 Å². The van der Waals surface area contributed by atoms with Gasteiger partial charge in [0.25, 0.3) is 0 Å². The molecule has 0 atom stereocenters. The highest BCUT2D eigenvalue weighted by Crippen LogP contribution is 2.27. The van der Waals surface area contributed by atoms with Crippen LogP contribution in [-0.2, 0) is 0 Å². The van der Waals surface area contributed by atoms with Gasteiger partial charge in [0.2, 0.25) is 0 Å². The molecule has 14 heavy (non-hydrogen) atoms. The van der Waals surface area contributed by atoms with Crippen molar-refractivity contribution in [1.29, 1.82) is 0 Å². The van der Waals surface area contributed by atoms with Crippen LogP contribution in [0.5, 0.6) is 0 Å². The summed E-state index contributed by atoms with van der Waals surface area (Å²) < 4.78 is 5.26. The van der Waals surface area contributed by atoms with Crippen LogP contribution in [0.1, 0.15) is 16.8 Å². The monoisotopic (exact) mass is 187 g/mol. The highest BCUT2D eigenvalue weighted by molar-refractivity contribution is 5.65. The molecule has 2 nitrogen and oxygen atoms in total. The zero-order chi connectivity index (χ0) is 10.1. The summed E-state index contributed by atoms with van der Waals surface area (Å²) in [7, 11) is 0. The Kier molecular flexibility index (Phi) is 2.12. The summed E-state index contributed by atoms with van der Waals surface area (Å²) in [4.78, 5) is 0. The summed E-state index contributed by atoms with van der Waals surface area (Å²) in [6, 6.07) is 8.19. The first-order valence-corrected chi connectivity index (χ1v) is 4.68. The predicted octanol–water partition coefficient (Wildman–Crippen LogP) is 3.27. The van der Waals surface area contributed by atoms with E-state index in [2.05, 4.69) is 37.2 Å². The molecule has 0 saturated heterocycles. The molecule has 0 N–H and O–H groups in total. The fraction of sp³-hybridized carbons (Fsp3) is 0.250. The van der Waals surface area contributed by atoms with Crippen LogP contribution in [0.2, 0.25) is 0 Å². The Morgan fingerprint density at radius 2 is 1.71 bits per heavy atom. The van der Waals surface area contributed by atoms with Gasteiger partial charge in [0.15, 0.2) is 5.76 Å². The minimum atomic E-state index is 0.859. The Labute approximate surface area is 83.5 Å². The van der Waals surface area contributed by atoms with E-state index in [0.29, 0.717) is 0 Å². The molecule has 0 bridgehead atoms. The second-order valence-corrected chi connectivity index (χ2v) is 3.60. The lowest BCUT2D eigenvalue weighted by atomic mass is 10.0. The van der Waals surface area contributed by atoms with E-state index < -0.39 is 0 Å². The van der Waals surface area contributed by atoms with E-state index in [1.165, 1.54) is 11.1 Å². The van der Waals surface area contributed by atoms with Crippen molar-refractivity contribution in [2.75, 3.05) is 0 Å². The van der Waals surface area contributed by atoms with E-state index in [9.17, 15) is 0 Å². The zero-order valence-electron chi connectivity index (χ0n) is 8.66. The van der Waals surface area contributed by atoms with Crippen LogP contribution in [0, 0.1) is 20.8 Å². The van der Waals surface area contributed by atoms with Gasteiger partial charge in [-0.25, -0.2) is 0 Å². The van der Waals surface area contributed by atoms with Gasteiger partial charge in [-0.3, -0.25) is 0 Å². The van der Waals surface area contributed by atoms with Crippen molar-refractivity contribution in [2.45, 2.75) is 20.8 Å². The van der Waals surface area contributed by atoms with Crippen LogP contribution in [0.25, 0.3) is 11.3 Å². The van der Waals surface area contributed by atoms with Crippen molar-refractivity contribution < 1.29 is 4.52 Å². The molecule has 0 radical (unpaired) electrons. The number of hydrogen-bond acceptors (Lipinski definition) is 2. The van der Waals surface area contributed by atoms with E-state index >= 15 is 0 Å². The Bertz CT molecular complexity index is 437. The molecule has 0 amide bonds. The number of nitrogens with zero attached hydrogens (tertiary/aromatic N) is 1. The maximum absolute atomic E-state index is 5.26. The Balaban J connectivity index is 2.61. The number of hydrogen-bond donors (Lipinski definition) is 0. The molecule has 2 rings (SSSR count). The molecule has 0 aliphatic carbocycles. The van der Waals surface area contributed by atoms with Crippen LogP contribution < -0.4 is 0 Å². The SMILES string of the molecule is Cc1cc(-c2c(C)cccc2C)on1. The molecule has 0 aliphatic rings. The third-order valence-electron chi connectivity index (χ3n) is 2.36. The van der Waals surface area contributed by atoms with Crippen molar-refractivity contribution in [3.8, 4) is 11.3 Å². The highest BCUT2D eigenvalue weighted by atomic mass is 16.5. The van der Waals surface area contributed by atoms with Gasteiger partial charge < -0.3 is 4.52 Å². The van der Waals surface area contributed by atoms with E-state index in [0.717, 1.165) is 17.0 Å². The van der Waals surface area contributed by atoms with Crippen molar-refractivity contribution in [3.63, 3.8) is 0 Å². The topological polar surface area (TPSA) is 26.0 Å². The second kappa shape index (κ2) is 3.29. The molecule has 1 aromatic heterocycles. The summed E-state index contributed by atoms with van der Waals surface area (Å²) in [5.41, 5.74) is 4.53. The third-order valence-corrected chi connectivity index (χ3v) is 2.36. The van der Waals surface area contributed by atoms with E-state index in [4.69, 9.17) is 4.52 Å². The van der Waals surface area contributed by atoms with Gasteiger partial charge in [-0.2, -0.15) is 0 Å². The van der Waals surface area contributed by atoms with Gasteiger partial charge in [-0.05, 0) is 31.9 Å². The number of aryl methyl sites for hydroxylation is 3. The standard InChI is InChI=1S/C12H13NO/c1-8-5-4-6-9(2)12(8)11-7-10(3)13-14-11/h4-7H,1-3H3. The Morgan fingerprint density at radius 1 is 1.07 bits per heavy atom. The van der Waals surface area contributed by atoms with Crippen molar-refractivity contribution in [1.82, 2.24) is 5.16 Å². The molecule has 1 aromatic carbocycles.